The second-order valence-corrected chi connectivity index (χ2v) is 7.01. The van der Waals surface area contributed by atoms with Gasteiger partial charge in [-0.25, -0.2) is 9.37 Å². The first kappa shape index (κ1) is 19.0. The first-order chi connectivity index (χ1) is 14.1. The van der Waals surface area contributed by atoms with Gasteiger partial charge in [-0.15, -0.1) is 0 Å². The number of phenolic OH excluding ortho intramolecular Hbond substituents is 1. The molecule has 1 saturated heterocycles. The van der Waals surface area contributed by atoms with Crippen molar-refractivity contribution >= 4 is 17.5 Å². The van der Waals surface area contributed by atoms with Crippen LogP contribution in [-0.4, -0.2) is 35.3 Å². The zero-order valence-corrected chi connectivity index (χ0v) is 16.2. The fraction of sp³-hybridized carbons (Fsp3) is 0.273. The van der Waals surface area contributed by atoms with Crippen LogP contribution in [0.3, 0.4) is 0 Å². The number of ether oxygens (including phenoxy) is 1. The van der Waals surface area contributed by atoms with Gasteiger partial charge < -0.3 is 20.1 Å². The van der Waals surface area contributed by atoms with Crippen molar-refractivity contribution in [3.63, 3.8) is 0 Å². The van der Waals surface area contributed by atoms with Crippen molar-refractivity contribution in [3.05, 3.63) is 54.3 Å². The van der Waals surface area contributed by atoms with E-state index in [0.29, 0.717) is 23.1 Å². The number of halogens is 1. The Balaban J connectivity index is 1.71. The van der Waals surface area contributed by atoms with E-state index < -0.39 is 5.82 Å². The largest absolute Gasteiger partial charge is 0.508 e. The Hall–Kier alpha value is -3.35. The summed E-state index contributed by atoms with van der Waals surface area (Å²) < 4.78 is 19.1. The summed E-state index contributed by atoms with van der Waals surface area (Å²) in [6, 6.07) is 13.4. The van der Waals surface area contributed by atoms with Gasteiger partial charge in [0.1, 0.15) is 11.6 Å². The number of aromatic nitrogens is 2. The molecule has 0 bridgehead atoms. The zero-order chi connectivity index (χ0) is 20.2. The highest BCUT2D eigenvalue weighted by Crippen LogP contribution is 2.29. The molecule has 0 atom stereocenters. The predicted molar refractivity (Wildman–Crippen MR) is 111 cm³/mol. The molecule has 1 fully saturated rings. The highest BCUT2D eigenvalue weighted by atomic mass is 19.1. The second kappa shape index (κ2) is 8.34. The first-order valence-electron chi connectivity index (χ1n) is 9.66. The number of aromatic hydroxyl groups is 1. The van der Waals surface area contributed by atoms with Crippen molar-refractivity contribution in [2.75, 3.05) is 30.4 Å². The third-order valence-electron chi connectivity index (χ3n) is 4.92. The number of benzene rings is 2. The minimum absolute atomic E-state index is 0.173. The van der Waals surface area contributed by atoms with Crippen molar-refractivity contribution in [1.29, 1.82) is 0 Å². The summed E-state index contributed by atoms with van der Waals surface area (Å²) in [6.07, 6.45) is 3.41. The number of hydrogen-bond acceptors (Lipinski definition) is 6. The monoisotopic (exact) mass is 394 g/mol. The normalized spacial score (nSPS) is 13.9. The summed E-state index contributed by atoms with van der Waals surface area (Å²) >= 11 is 0. The second-order valence-electron chi connectivity index (χ2n) is 7.01. The van der Waals surface area contributed by atoms with E-state index in [0.717, 1.165) is 31.5 Å². The Morgan fingerprint density at radius 2 is 1.86 bits per heavy atom. The molecule has 1 aliphatic heterocycles. The lowest BCUT2D eigenvalue weighted by Crippen LogP contribution is -2.31. The van der Waals surface area contributed by atoms with Gasteiger partial charge in [0, 0.05) is 36.5 Å². The lowest BCUT2D eigenvalue weighted by molar-refractivity contribution is 0.386. The van der Waals surface area contributed by atoms with Crippen LogP contribution in [0.25, 0.3) is 11.3 Å². The molecule has 1 aromatic heterocycles. The third kappa shape index (κ3) is 4.39. The van der Waals surface area contributed by atoms with E-state index in [1.54, 1.807) is 36.4 Å². The lowest BCUT2D eigenvalue weighted by Gasteiger charge is -2.27. The number of anilines is 3. The fourth-order valence-corrected chi connectivity index (χ4v) is 3.44. The van der Waals surface area contributed by atoms with Crippen LogP contribution in [0.1, 0.15) is 19.3 Å². The lowest BCUT2D eigenvalue weighted by atomic mass is 10.1. The molecule has 0 saturated carbocycles. The maximum absolute atomic E-state index is 14.1. The number of hydrogen-bond donors (Lipinski definition) is 2. The number of rotatable bonds is 5. The summed E-state index contributed by atoms with van der Waals surface area (Å²) in [7, 11) is 1.43. The van der Waals surface area contributed by atoms with Crippen LogP contribution in [0.2, 0.25) is 0 Å². The molecule has 4 rings (SSSR count). The molecule has 6 nitrogen and oxygen atoms in total. The van der Waals surface area contributed by atoms with E-state index in [1.807, 2.05) is 6.07 Å². The summed E-state index contributed by atoms with van der Waals surface area (Å²) in [4.78, 5) is 11.5. The summed E-state index contributed by atoms with van der Waals surface area (Å²) in [6.45, 7) is 1.81. The molecule has 29 heavy (non-hydrogen) atoms. The molecular formula is C22H23FN4O2. The van der Waals surface area contributed by atoms with Crippen molar-refractivity contribution in [2.45, 2.75) is 19.3 Å². The number of phenols is 1. The molecule has 0 unspecified atom stereocenters. The average Bonchev–Trinajstić information content (AvgIpc) is 2.74. The van der Waals surface area contributed by atoms with E-state index in [2.05, 4.69) is 15.2 Å². The number of nitrogens with one attached hydrogen (secondary N) is 1. The number of piperidine rings is 1. The maximum atomic E-state index is 14.1. The van der Waals surface area contributed by atoms with Gasteiger partial charge in [-0.05, 0) is 43.5 Å². The standard InChI is InChI=1S/C22H23FN4O2/c1-29-20-9-8-16(13-18(20)23)24-21-14-19(15-6-5-7-17(28)12-15)25-22(26-21)27-10-3-2-4-11-27/h5-9,12-14,28H,2-4,10-11H2,1H3,(H,24,25,26). The Kier molecular flexibility index (Phi) is 5.46. The van der Waals surface area contributed by atoms with Gasteiger partial charge in [-0.3, -0.25) is 0 Å². The van der Waals surface area contributed by atoms with E-state index in [9.17, 15) is 9.50 Å². The highest BCUT2D eigenvalue weighted by Gasteiger charge is 2.16. The Labute approximate surface area is 169 Å². The maximum Gasteiger partial charge on any atom is 0.227 e. The van der Waals surface area contributed by atoms with Gasteiger partial charge in [0.25, 0.3) is 0 Å². The third-order valence-corrected chi connectivity index (χ3v) is 4.92. The van der Waals surface area contributed by atoms with Gasteiger partial charge in [-0.1, -0.05) is 12.1 Å². The zero-order valence-electron chi connectivity index (χ0n) is 16.2. The quantitative estimate of drug-likeness (QED) is 0.652. The minimum Gasteiger partial charge on any atom is -0.508 e. The van der Waals surface area contributed by atoms with Crippen LogP contribution in [0.4, 0.5) is 21.8 Å². The van der Waals surface area contributed by atoms with E-state index in [4.69, 9.17) is 9.72 Å². The van der Waals surface area contributed by atoms with Gasteiger partial charge in [0.05, 0.1) is 12.8 Å². The summed E-state index contributed by atoms with van der Waals surface area (Å²) in [5.74, 6) is 1.10. The molecular weight excluding hydrogens is 371 g/mol. The molecule has 0 aliphatic carbocycles. The Bertz CT molecular complexity index is 1010. The fourth-order valence-electron chi connectivity index (χ4n) is 3.44. The summed E-state index contributed by atoms with van der Waals surface area (Å²) in [5, 5.41) is 13.0. The molecule has 2 heterocycles. The molecule has 7 heteroatoms. The molecule has 1 aliphatic rings. The molecule has 0 amide bonds. The van der Waals surface area contributed by atoms with E-state index >= 15 is 0 Å². The van der Waals surface area contributed by atoms with Crippen molar-refractivity contribution in [3.8, 4) is 22.8 Å². The van der Waals surface area contributed by atoms with Crippen LogP contribution in [0.5, 0.6) is 11.5 Å². The van der Waals surface area contributed by atoms with Gasteiger partial charge in [0.15, 0.2) is 11.6 Å². The van der Waals surface area contributed by atoms with Crippen LogP contribution < -0.4 is 15.0 Å². The van der Waals surface area contributed by atoms with Crippen molar-refractivity contribution < 1.29 is 14.2 Å². The molecule has 2 N–H and O–H groups in total. The van der Waals surface area contributed by atoms with E-state index in [-0.39, 0.29) is 11.5 Å². The van der Waals surface area contributed by atoms with Crippen molar-refractivity contribution in [2.24, 2.45) is 0 Å². The molecule has 0 spiro atoms. The van der Waals surface area contributed by atoms with Crippen LogP contribution >= 0.6 is 0 Å². The molecule has 2 aromatic carbocycles. The Morgan fingerprint density at radius 1 is 1.03 bits per heavy atom. The SMILES string of the molecule is COc1ccc(Nc2cc(-c3cccc(O)c3)nc(N3CCCCC3)n2)cc1F. The van der Waals surface area contributed by atoms with Crippen LogP contribution in [0.15, 0.2) is 48.5 Å². The summed E-state index contributed by atoms with van der Waals surface area (Å²) in [5.41, 5.74) is 2.04. The van der Waals surface area contributed by atoms with Crippen molar-refractivity contribution in [1.82, 2.24) is 9.97 Å². The molecule has 0 radical (unpaired) electrons. The first-order valence-corrected chi connectivity index (χ1v) is 9.66. The highest BCUT2D eigenvalue weighted by molar-refractivity contribution is 5.68. The van der Waals surface area contributed by atoms with Gasteiger partial charge in [0.2, 0.25) is 5.95 Å². The number of nitrogens with zero attached hydrogens (tertiary/aromatic N) is 3. The molecule has 150 valence electrons. The smallest absolute Gasteiger partial charge is 0.227 e. The van der Waals surface area contributed by atoms with Crippen LogP contribution in [0, 0.1) is 5.82 Å². The van der Waals surface area contributed by atoms with E-state index in [1.165, 1.54) is 19.6 Å². The van der Waals surface area contributed by atoms with Crippen LogP contribution in [-0.2, 0) is 0 Å². The van der Waals surface area contributed by atoms with Gasteiger partial charge >= 0.3 is 0 Å². The molecule has 3 aromatic rings. The van der Waals surface area contributed by atoms with Gasteiger partial charge in [-0.2, -0.15) is 4.98 Å². The predicted octanol–water partition coefficient (Wildman–Crippen LogP) is 4.73. The minimum atomic E-state index is -0.448. The number of methoxy groups -OCH3 is 1. The Morgan fingerprint density at radius 3 is 2.59 bits per heavy atom. The topological polar surface area (TPSA) is 70.5 Å². The average molecular weight is 394 g/mol.